The SMILES string of the molecule is CC(=O)O.CN1CCN(CC(=O)N[C@@H](CC(=O)NC[C@@H]2CCCN(C=NN)C2)C(=O)N(CCNC(=O)c2cnccn2)C2CC2)CC1. The van der Waals surface area contributed by atoms with Gasteiger partial charge in [0.1, 0.15) is 18.1 Å². The lowest BCUT2D eigenvalue weighted by atomic mass is 9.98. The molecule has 260 valence electrons. The predicted molar refractivity (Wildman–Crippen MR) is 173 cm³/mol. The van der Waals surface area contributed by atoms with Crippen molar-refractivity contribution in [1.82, 2.24) is 45.5 Å². The van der Waals surface area contributed by atoms with Gasteiger partial charge in [0.25, 0.3) is 11.9 Å². The molecule has 1 aromatic heterocycles. The monoisotopic (exact) mass is 659 g/mol. The molecule has 3 fully saturated rings. The molecule has 3 aliphatic rings. The summed E-state index contributed by atoms with van der Waals surface area (Å²) in [6.07, 6.45) is 9.36. The van der Waals surface area contributed by atoms with E-state index in [1.807, 2.05) is 11.9 Å². The van der Waals surface area contributed by atoms with Crippen molar-refractivity contribution in [2.75, 3.05) is 72.5 Å². The molecule has 1 aromatic rings. The minimum Gasteiger partial charge on any atom is -0.481 e. The van der Waals surface area contributed by atoms with E-state index in [0.29, 0.717) is 6.54 Å². The minimum absolute atomic E-state index is 0.0124. The Bertz CT molecular complexity index is 1200. The van der Waals surface area contributed by atoms with Crippen LogP contribution >= 0.6 is 0 Å². The Morgan fingerprint density at radius 2 is 1.81 bits per heavy atom. The summed E-state index contributed by atoms with van der Waals surface area (Å²) >= 11 is 0. The molecule has 3 heterocycles. The number of carbonyl (C=O) groups excluding carboxylic acids is 4. The molecule has 2 aliphatic heterocycles. The van der Waals surface area contributed by atoms with Gasteiger partial charge in [0.15, 0.2) is 0 Å². The molecule has 0 spiro atoms. The Morgan fingerprint density at radius 1 is 1.09 bits per heavy atom. The minimum atomic E-state index is -1.01. The quantitative estimate of drug-likeness (QED) is 0.0643. The van der Waals surface area contributed by atoms with E-state index in [1.54, 1.807) is 11.2 Å². The van der Waals surface area contributed by atoms with E-state index in [1.165, 1.54) is 18.6 Å². The van der Waals surface area contributed by atoms with Crippen LogP contribution in [0.25, 0.3) is 0 Å². The number of nitrogens with zero attached hydrogens (tertiary/aromatic N) is 7. The first-order valence-corrected chi connectivity index (χ1v) is 16.0. The van der Waals surface area contributed by atoms with Crippen LogP contribution in [0.4, 0.5) is 0 Å². The fourth-order valence-corrected chi connectivity index (χ4v) is 5.48. The maximum absolute atomic E-state index is 13.8. The van der Waals surface area contributed by atoms with Gasteiger partial charge in [0.2, 0.25) is 17.7 Å². The lowest BCUT2D eigenvalue weighted by Crippen LogP contribution is -2.55. The summed E-state index contributed by atoms with van der Waals surface area (Å²) in [7, 11) is 2.05. The van der Waals surface area contributed by atoms with Gasteiger partial charge in [-0.2, -0.15) is 5.10 Å². The second-order valence-corrected chi connectivity index (χ2v) is 12.1. The Balaban J connectivity index is 0.00000142. The van der Waals surface area contributed by atoms with Gasteiger partial charge in [-0.3, -0.25) is 33.9 Å². The van der Waals surface area contributed by atoms with E-state index in [4.69, 9.17) is 15.7 Å². The van der Waals surface area contributed by atoms with Crippen LogP contribution in [0, 0.1) is 5.92 Å². The Hall–Kier alpha value is -4.38. The standard InChI is InChI=1S/C28H45N11O4.C2H4O2/c1-36-11-13-37(14-12-36)19-26(41)35-23(15-25(40)33-16-21-3-2-9-38(18-21)20-34-29)28(43)39(22-4-5-22)10-8-32-27(42)24-17-30-6-7-31-24;1-2(3)4/h6-7,17,20-23H,2-5,8-16,18-19,29H2,1H3,(H,32,42)(H,33,40)(H,35,41);1H3,(H,3,4)/t21-,23-;/m0./s1. The van der Waals surface area contributed by atoms with Gasteiger partial charge in [-0.25, -0.2) is 4.98 Å². The molecule has 1 saturated carbocycles. The second kappa shape index (κ2) is 19.3. The van der Waals surface area contributed by atoms with Crippen molar-refractivity contribution in [3.63, 3.8) is 0 Å². The number of piperidine rings is 1. The molecule has 2 saturated heterocycles. The van der Waals surface area contributed by atoms with E-state index in [2.05, 4.69) is 40.8 Å². The third kappa shape index (κ3) is 13.9. The Labute approximate surface area is 275 Å². The van der Waals surface area contributed by atoms with Crippen LogP contribution in [-0.2, 0) is 19.2 Å². The van der Waals surface area contributed by atoms with Crippen LogP contribution in [0.5, 0.6) is 0 Å². The summed E-state index contributed by atoms with van der Waals surface area (Å²) in [5.74, 6) is 3.41. The van der Waals surface area contributed by atoms with Gasteiger partial charge in [0, 0.05) is 84.3 Å². The normalized spacial score (nSPS) is 19.2. The highest BCUT2D eigenvalue weighted by Gasteiger charge is 2.37. The number of likely N-dealkylation sites (N-methyl/N-ethyl adjacent to an activating group) is 1. The number of rotatable bonds is 14. The molecule has 0 bridgehead atoms. The summed E-state index contributed by atoms with van der Waals surface area (Å²) in [4.78, 5) is 77.3. The van der Waals surface area contributed by atoms with E-state index < -0.39 is 12.0 Å². The summed E-state index contributed by atoms with van der Waals surface area (Å²) in [5, 5.41) is 19.6. The number of nitrogens with two attached hydrogens (primary N) is 1. The molecule has 2 atom stereocenters. The fraction of sp³-hybridized carbons (Fsp3) is 0.667. The smallest absolute Gasteiger partial charge is 0.300 e. The van der Waals surface area contributed by atoms with Crippen molar-refractivity contribution in [3.8, 4) is 0 Å². The molecule has 1 aliphatic carbocycles. The zero-order chi connectivity index (χ0) is 34.2. The first kappa shape index (κ1) is 37.1. The number of aliphatic carboxylic acids is 1. The van der Waals surface area contributed by atoms with Crippen LogP contribution in [0.15, 0.2) is 23.7 Å². The van der Waals surface area contributed by atoms with E-state index in [9.17, 15) is 19.2 Å². The van der Waals surface area contributed by atoms with Crippen molar-refractivity contribution in [2.24, 2.45) is 16.9 Å². The van der Waals surface area contributed by atoms with Crippen molar-refractivity contribution in [1.29, 1.82) is 0 Å². The maximum Gasteiger partial charge on any atom is 0.300 e. The highest BCUT2D eigenvalue weighted by atomic mass is 16.4. The van der Waals surface area contributed by atoms with Crippen LogP contribution in [0.2, 0.25) is 0 Å². The van der Waals surface area contributed by atoms with Gasteiger partial charge >= 0.3 is 0 Å². The largest absolute Gasteiger partial charge is 0.481 e. The highest BCUT2D eigenvalue weighted by Crippen LogP contribution is 2.27. The molecule has 6 N–H and O–H groups in total. The average molecular weight is 660 g/mol. The zero-order valence-electron chi connectivity index (χ0n) is 27.3. The number of hydrogen-bond acceptors (Lipinski definition) is 11. The zero-order valence-corrected chi connectivity index (χ0v) is 27.3. The van der Waals surface area contributed by atoms with Crippen LogP contribution in [0.3, 0.4) is 0 Å². The topological polar surface area (TPSA) is 219 Å². The number of carbonyl (C=O) groups is 5. The van der Waals surface area contributed by atoms with Gasteiger partial charge in [-0.15, -0.1) is 0 Å². The van der Waals surface area contributed by atoms with E-state index in [-0.39, 0.29) is 67.3 Å². The molecule has 4 rings (SSSR count). The summed E-state index contributed by atoms with van der Waals surface area (Å²) in [6, 6.07) is -0.998. The summed E-state index contributed by atoms with van der Waals surface area (Å²) < 4.78 is 0. The van der Waals surface area contributed by atoms with Crippen molar-refractivity contribution < 1.29 is 29.1 Å². The molecule has 0 radical (unpaired) electrons. The highest BCUT2D eigenvalue weighted by molar-refractivity contribution is 5.93. The van der Waals surface area contributed by atoms with Crippen LogP contribution in [0.1, 0.15) is 49.5 Å². The number of aromatic nitrogens is 2. The Kier molecular flexibility index (Phi) is 15.2. The molecular formula is C30H49N11O6. The number of amides is 4. The van der Waals surface area contributed by atoms with Crippen molar-refractivity contribution >= 4 is 35.9 Å². The second-order valence-electron chi connectivity index (χ2n) is 12.1. The van der Waals surface area contributed by atoms with Crippen LogP contribution < -0.4 is 21.8 Å². The summed E-state index contributed by atoms with van der Waals surface area (Å²) in [6.45, 7) is 7.03. The molecule has 17 heteroatoms. The summed E-state index contributed by atoms with van der Waals surface area (Å²) in [5.41, 5.74) is 0.189. The number of carboxylic acid groups (broad SMARTS) is 1. The first-order chi connectivity index (χ1) is 22.5. The van der Waals surface area contributed by atoms with Gasteiger partial charge in [-0.05, 0) is 38.6 Å². The number of hydrogen-bond donors (Lipinski definition) is 5. The maximum atomic E-state index is 13.8. The number of hydrazone groups is 1. The molecule has 0 aromatic carbocycles. The average Bonchev–Trinajstić information content (AvgIpc) is 3.88. The number of carboxylic acids is 1. The molecule has 0 unspecified atom stereocenters. The van der Waals surface area contributed by atoms with E-state index >= 15 is 0 Å². The van der Waals surface area contributed by atoms with Crippen molar-refractivity contribution in [2.45, 2.75) is 51.1 Å². The molecular weight excluding hydrogens is 610 g/mol. The van der Waals surface area contributed by atoms with Gasteiger partial charge < -0.3 is 41.6 Å². The molecule has 4 amide bonds. The first-order valence-electron chi connectivity index (χ1n) is 16.0. The molecule has 17 nitrogen and oxygen atoms in total. The van der Waals surface area contributed by atoms with Gasteiger partial charge in [0.05, 0.1) is 19.2 Å². The predicted octanol–water partition coefficient (Wildman–Crippen LogP) is -1.86. The third-order valence-electron chi connectivity index (χ3n) is 8.06. The Morgan fingerprint density at radius 3 is 2.45 bits per heavy atom. The fourth-order valence-electron chi connectivity index (χ4n) is 5.48. The number of likely N-dealkylation sites (tertiary alicyclic amines) is 1. The number of nitrogens with one attached hydrogen (secondary N) is 3. The van der Waals surface area contributed by atoms with Crippen molar-refractivity contribution in [3.05, 3.63) is 24.3 Å². The lowest BCUT2D eigenvalue weighted by Gasteiger charge is -2.33. The van der Waals surface area contributed by atoms with Gasteiger partial charge in [-0.1, -0.05) is 0 Å². The lowest BCUT2D eigenvalue weighted by molar-refractivity contribution is -0.139. The number of piperazine rings is 1. The third-order valence-corrected chi connectivity index (χ3v) is 8.06. The van der Waals surface area contributed by atoms with E-state index in [0.717, 1.165) is 71.9 Å². The molecule has 47 heavy (non-hydrogen) atoms. The van der Waals surface area contributed by atoms with Crippen LogP contribution in [-0.4, -0.2) is 155 Å².